The lowest BCUT2D eigenvalue weighted by atomic mass is 10.00. The van der Waals surface area contributed by atoms with E-state index in [-0.39, 0.29) is 0 Å². The Labute approximate surface area is 181 Å². The topological polar surface area (TPSA) is 79.1 Å². The average molecular weight is 415 g/mol. The van der Waals surface area contributed by atoms with Gasteiger partial charge in [0.25, 0.3) is 0 Å². The Kier molecular flexibility index (Phi) is 5.36. The smallest absolute Gasteiger partial charge is 0.145 e. The van der Waals surface area contributed by atoms with E-state index >= 15 is 0 Å². The fourth-order valence-electron chi connectivity index (χ4n) is 4.17. The van der Waals surface area contributed by atoms with Crippen LogP contribution in [0.1, 0.15) is 11.1 Å². The van der Waals surface area contributed by atoms with Crippen LogP contribution in [0.3, 0.4) is 0 Å². The summed E-state index contributed by atoms with van der Waals surface area (Å²) in [7, 11) is 1.98. The van der Waals surface area contributed by atoms with Crippen molar-refractivity contribution in [2.75, 3.05) is 25.0 Å². The van der Waals surface area contributed by atoms with Gasteiger partial charge in [0.15, 0.2) is 0 Å². The van der Waals surface area contributed by atoms with Crippen molar-refractivity contribution < 1.29 is 5.11 Å². The lowest BCUT2D eigenvalue weighted by molar-refractivity contribution is 0.114. The molecular formula is C24H26N6O. The second kappa shape index (κ2) is 8.45. The first kappa shape index (κ1) is 19.7. The van der Waals surface area contributed by atoms with Crippen LogP contribution in [0.15, 0.2) is 61.2 Å². The molecule has 0 aliphatic carbocycles. The quantitative estimate of drug-likeness (QED) is 0.505. The summed E-state index contributed by atoms with van der Waals surface area (Å²) in [6.07, 6.45) is 5.80. The Hall–Kier alpha value is -3.29. The molecule has 2 aromatic carbocycles. The molecule has 158 valence electrons. The van der Waals surface area contributed by atoms with E-state index in [0.717, 1.165) is 41.8 Å². The molecule has 2 N–H and O–H groups in total. The van der Waals surface area contributed by atoms with Crippen LogP contribution in [0.2, 0.25) is 0 Å². The number of β-amino-alcohol motifs (C(OH)–C–C–N with tert-alkyl or cyclic N) is 1. The van der Waals surface area contributed by atoms with Gasteiger partial charge in [-0.1, -0.05) is 30.3 Å². The van der Waals surface area contributed by atoms with Gasteiger partial charge in [-0.2, -0.15) is 0 Å². The maximum atomic E-state index is 10.6. The van der Waals surface area contributed by atoms with Gasteiger partial charge in [-0.25, -0.2) is 9.97 Å². The zero-order valence-corrected chi connectivity index (χ0v) is 17.6. The van der Waals surface area contributed by atoms with Crippen LogP contribution in [-0.4, -0.2) is 55.3 Å². The van der Waals surface area contributed by atoms with Crippen molar-refractivity contribution in [1.29, 1.82) is 0 Å². The van der Waals surface area contributed by atoms with E-state index in [9.17, 15) is 5.11 Å². The van der Waals surface area contributed by atoms with E-state index in [1.165, 1.54) is 11.1 Å². The molecule has 31 heavy (non-hydrogen) atoms. The Morgan fingerprint density at radius 2 is 2.00 bits per heavy atom. The summed E-state index contributed by atoms with van der Waals surface area (Å²) in [5, 5.41) is 13.8. The second-order valence-corrected chi connectivity index (χ2v) is 8.14. The lowest BCUT2D eigenvalue weighted by Crippen LogP contribution is -2.39. The number of anilines is 1. The number of aromatic nitrogens is 4. The number of rotatable bonds is 6. The Bertz CT molecular complexity index is 1200. The first-order chi connectivity index (χ1) is 15.2. The van der Waals surface area contributed by atoms with E-state index in [2.05, 4.69) is 55.5 Å². The van der Waals surface area contributed by atoms with E-state index < -0.39 is 6.10 Å². The average Bonchev–Trinajstić information content (AvgIpc) is 3.18. The number of hydrogen-bond acceptors (Lipinski definition) is 6. The molecule has 3 heterocycles. The largest absolute Gasteiger partial charge is 0.390 e. The molecule has 1 atom stereocenters. The van der Waals surface area contributed by atoms with Crippen LogP contribution < -0.4 is 5.32 Å². The minimum Gasteiger partial charge on any atom is -0.390 e. The standard InChI is InChI=1S/C24H26N6O/c1-29-16-27-21-7-6-18(10-23(21)29)22-12-25-13-24(28-22)26-11-20(31)15-30-9-8-17-4-2-3-5-19(17)14-30/h2-7,10,12-13,16,20,31H,8-9,11,14-15H2,1H3,(H,26,28). The number of hydrogen-bond donors (Lipinski definition) is 2. The summed E-state index contributed by atoms with van der Waals surface area (Å²) in [5.41, 5.74) is 6.56. The highest BCUT2D eigenvalue weighted by Gasteiger charge is 2.18. The van der Waals surface area contributed by atoms with Crippen LogP contribution in [0, 0.1) is 0 Å². The molecule has 1 aliphatic heterocycles. The highest BCUT2D eigenvalue weighted by Crippen LogP contribution is 2.23. The van der Waals surface area contributed by atoms with Gasteiger partial charge in [0, 0.05) is 38.8 Å². The molecule has 0 fully saturated rings. The monoisotopic (exact) mass is 414 g/mol. The molecule has 0 saturated carbocycles. The zero-order chi connectivity index (χ0) is 21.2. The number of aryl methyl sites for hydroxylation is 1. The fraction of sp³-hybridized carbons (Fsp3) is 0.292. The van der Waals surface area contributed by atoms with Gasteiger partial charge in [0.05, 0.1) is 41.6 Å². The molecule has 0 saturated heterocycles. The predicted octanol–water partition coefficient (Wildman–Crippen LogP) is 2.86. The maximum absolute atomic E-state index is 10.6. The molecule has 0 radical (unpaired) electrons. The third-order valence-electron chi connectivity index (χ3n) is 5.85. The van der Waals surface area contributed by atoms with Gasteiger partial charge in [0.1, 0.15) is 5.82 Å². The SMILES string of the molecule is Cn1cnc2ccc(-c3cncc(NCC(O)CN4CCc5ccccc5C4)n3)cc21. The first-order valence-electron chi connectivity index (χ1n) is 10.6. The number of imidazole rings is 1. The van der Waals surface area contributed by atoms with Crippen molar-refractivity contribution >= 4 is 16.9 Å². The van der Waals surface area contributed by atoms with Crippen molar-refractivity contribution in [3.8, 4) is 11.3 Å². The molecular weight excluding hydrogens is 388 g/mol. The van der Waals surface area contributed by atoms with E-state index in [1.807, 2.05) is 23.7 Å². The minimum atomic E-state index is -0.485. The highest BCUT2D eigenvalue weighted by molar-refractivity contribution is 5.81. The number of aliphatic hydroxyl groups excluding tert-OH is 1. The number of aliphatic hydroxyl groups is 1. The molecule has 5 rings (SSSR count). The summed E-state index contributed by atoms with van der Waals surface area (Å²) < 4.78 is 1.99. The molecule has 0 bridgehead atoms. The molecule has 7 nitrogen and oxygen atoms in total. The number of nitrogens with zero attached hydrogens (tertiary/aromatic N) is 5. The second-order valence-electron chi connectivity index (χ2n) is 8.14. The van der Waals surface area contributed by atoms with Gasteiger partial charge < -0.3 is 15.0 Å². The van der Waals surface area contributed by atoms with E-state index in [0.29, 0.717) is 18.9 Å². The van der Waals surface area contributed by atoms with Crippen molar-refractivity contribution in [3.05, 3.63) is 72.3 Å². The molecule has 0 amide bonds. The van der Waals surface area contributed by atoms with Crippen LogP contribution in [0.25, 0.3) is 22.3 Å². The third-order valence-corrected chi connectivity index (χ3v) is 5.85. The van der Waals surface area contributed by atoms with Gasteiger partial charge >= 0.3 is 0 Å². The molecule has 1 aliphatic rings. The zero-order valence-electron chi connectivity index (χ0n) is 17.6. The van der Waals surface area contributed by atoms with Crippen LogP contribution in [0.5, 0.6) is 0 Å². The van der Waals surface area contributed by atoms with Crippen LogP contribution >= 0.6 is 0 Å². The van der Waals surface area contributed by atoms with Gasteiger partial charge in [-0.05, 0) is 29.7 Å². The summed E-state index contributed by atoms with van der Waals surface area (Å²) in [5.74, 6) is 0.658. The molecule has 1 unspecified atom stereocenters. The maximum Gasteiger partial charge on any atom is 0.145 e. The minimum absolute atomic E-state index is 0.428. The lowest BCUT2D eigenvalue weighted by Gasteiger charge is -2.30. The normalized spacial score (nSPS) is 15.0. The van der Waals surface area contributed by atoms with Crippen molar-refractivity contribution in [2.24, 2.45) is 7.05 Å². The molecule has 0 spiro atoms. The molecule has 2 aromatic heterocycles. The summed E-state index contributed by atoms with van der Waals surface area (Å²) in [4.78, 5) is 15.7. The van der Waals surface area contributed by atoms with Crippen LogP contribution in [0.4, 0.5) is 5.82 Å². The molecule has 7 heteroatoms. The summed E-state index contributed by atoms with van der Waals surface area (Å²) in [6, 6.07) is 14.6. The highest BCUT2D eigenvalue weighted by atomic mass is 16.3. The summed E-state index contributed by atoms with van der Waals surface area (Å²) >= 11 is 0. The van der Waals surface area contributed by atoms with Gasteiger partial charge in [-0.3, -0.25) is 9.88 Å². The first-order valence-corrected chi connectivity index (χ1v) is 10.6. The fourth-order valence-corrected chi connectivity index (χ4v) is 4.17. The van der Waals surface area contributed by atoms with E-state index in [4.69, 9.17) is 0 Å². The summed E-state index contributed by atoms with van der Waals surface area (Å²) in [6.45, 7) is 2.92. The van der Waals surface area contributed by atoms with Crippen molar-refractivity contribution in [3.63, 3.8) is 0 Å². The predicted molar refractivity (Wildman–Crippen MR) is 122 cm³/mol. The van der Waals surface area contributed by atoms with Gasteiger partial charge in [0.2, 0.25) is 0 Å². The number of nitrogens with one attached hydrogen (secondary N) is 1. The Morgan fingerprint density at radius 1 is 1.13 bits per heavy atom. The Balaban J connectivity index is 1.21. The van der Waals surface area contributed by atoms with Crippen molar-refractivity contribution in [1.82, 2.24) is 24.4 Å². The van der Waals surface area contributed by atoms with Crippen molar-refractivity contribution in [2.45, 2.75) is 19.1 Å². The Morgan fingerprint density at radius 3 is 2.90 bits per heavy atom. The number of fused-ring (bicyclic) bond motifs is 2. The molecule has 4 aromatic rings. The number of benzene rings is 2. The third kappa shape index (κ3) is 4.28. The van der Waals surface area contributed by atoms with Gasteiger partial charge in [-0.15, -0.1) is 0 Å². The van der Waals surface area contributed by atoms with Crippen LogP contribution in [-0.2, 0) is 20.0 Å². The van der Waals surface area contributed by atoms with E-state index in [1.54, 1.807) is 18.7 Å².